The molecular weight excluding hydrogens is 498 g/mol. The van der Waals surface area contributed by atoms with Crippen molar-refractivity contribution in [1.29, 1.82) is 0 Å². The van der Waals surface area contributed by atoms with Crippen LogP contribution in [0, 0.1) is 0 Å². The molecule has 0 bridgehead atoms. The lowest BCUT2D eigenvalue weighted by atomic mass is 10.0. The standard InChI is InChI=1S/C31H28ClN3O3/c32-27-7-2-1-6-24(27)21-4-3-5-23(18-21)34-22-10-8-20(9-11-22)16-17-33-19-29(37)25-12-14-28(36)31-26(25)13-15-30(38)35-31/h1-15,18,29,33-34,36-37H,16-17,19H2,(H,35,38)/t29-/m0/s1. The number of benzene rings is 4. The van der Waals surface area contributed by atoms with Gasteiger partial charge >= 0.3 is 0 Å². The molecule has 0 unspecified atom stereocenters. The fourth-order valence-electron chi connectivity index (χ4n) is 4.51. The smallest absolute Gasteiger partial charge is 0.248 e. The second-order valence-corrected chi connectivity index (χ2v) is 9.54. The number of hydrogen-bond donors (Lipinski definition) is 5. The average Bonchev–Trinajstić information content (AvgIpc) is 2.93. The molecule has 0 saturated carbocycles. The number of aromatic amines is 1. The van der Waals surface area contributed by atoms with Gasteiger partial charge in [-0.15, -0.1) is 0 Å². The number of rotatable bonds is 9. The Balaban J connectivity index is 1.15. The van der Waals surface area contributed by atoms with Crippen molar-refractivity contribution in [2.75, 3.05) is 18.4 Å². The van der Waals surface area contributed by atoms with Gasteiger partial charge in [-0.3, -0.25) is 4.79 Å². The average molecular weight is 526 g/mol. The third-order valence-corrected chi connectivity index (χ3v) is 6.81. The van der Waals surface area contributed by atoms with Gasteiger partial charge in [-0.2, -0.15) is 0 Å². The molecule has 6 nitrogen and oxygen atoms in total. The third-order valence-electron chi connectivity index (χ3n) is 6.48. The van der Waals surface area contributed by atoms with Crippen molar-refractivity contribution in [2.45, 2.75) is 12.5 Å². The number of phenols is 1. The van der Waals surface area contributed by atoms with E-state index in [9.17, 15) is 15.0 Å². The molecule has 5 rings (SSSR count). The van der Waals surface area contributed by atoms with Crippen LogP contribution in [0.4, 0.5) is 11.4 Å². The van der Waals surface area contributed by atoms with E-state index in [2.05, 4.69) is 45.9 Å². The van der Waals surface area contributed by atoms with Crippen LogP contribution in [0.15, 0.2) is 102 Å². The maximum atomic E-state index is 11.6. The summed E-state index contributed by atoms with van der Waals surface area (Å²) in [5, 5.41) is 28.8. The molecule has 7 heteroatoms. The summed E-state index contributed by atoms with van der Waals surface area (Å²) in [6, 6.07) is 30.4. The normalized spacial score (nSPS) is 11.9. The molecule has 0 saturated heterocycles. The molecule has 1 heterocycles. The number of aliphatic hydroxyl groups excluding tert-OH is 1. The summed E-state index contributed by atoms with van der Waals surface area (Å²) in [7, 11) is 0. The first-order chi connectivity index (χ1) is 18.5. The predicted octanol–water partition coefficient (Wildman–Crippen LogP) is 6.16. The number of nitrogens with one attached hydrogen (secondary N) is 3. The third kappa shape index (κ3) is 5.89. The van der Waals surface area contributed by atoms with Gasteiger partial charge in [-0.1, -0.05) is 60.1 Å². The van der Waals surface area contributed by atoms with E-state index in [0.29, 0.717) is 29.6 Å². The maximum Gasteiger partial charge on any atom is 0.248 e. The molecule has 0 amide bonds. The van der Waals surface area contributed by atoms with E-state index in [1.165, 1.54) is 17.7 Å². The van der Waals surface area contributed by atoms with E-state index in [1.807, 2.05) is 42.5 Å². The van der Waals surface area contributed by atoms with Crippen molar-refractivity contribution in [3.05, 3.63) is 124 Å². The minimum atomic E-state index is -0.780. The van der Waals surface area contributed by atoms with E-state index >= 15 is 0 Å². The first kappa shape index (κ1) is 25.5. The summed E-state index contributed by atoms with van der Waals surface area (Å²) in [5.41, 5.74) is 5.88. The molecular formula is C31H28ClN3O3. The van der Waals surface area contributed by atoms with Crippen LogP contribution in [-0.4, -0.2) is 28.3 Å². The fourth-order valence-corrected chi connectivity index (χ4v) is 4.76. The summed E-state index contributed by atoms with van der Waals surface area (Å²) in [5.74, 6) is -0.0205. The molecule has 5 N–H and O–H groups in total. The molecule has 0 aliphatic rings. The van der Waals surface area contributed by atoms with E-state index in [-0.39, 0.29) is 11.3 Å². The van der Waals surface area contributed by atoms with Gasteiger partial charge in [0.25, 0.3) is 0 Å². The van der Waals surface area contributed by atoms with Crippen LogP contribution in [0.2, 0.25) is 5.02 Å². The number of H-pyrrole nitrogens is 1. The zero-order valence-electron chi connectivity index (χ0n) is 20.6. The first-order valence-electron chi connectivity index (χ1n) is 12.4. The summed E-state index contributed by atoms with van der Waals surface area (Å²) < 4.78 is 0. The molecule has 5 aromatic rings. The highest BCUT2D eigenvalue weighted by Gasteiger charge is 2.13. The number of aliphatic hydroxyl groups is 1. The SMILES string of the molecule is O=c1ccc2c([C@@H](O)CNCCc3ccc(Nc4cccc(-c5ccccc5Cl)c4)cc3)ccc(O)c2[nH]1. The van der Waals surface area contributed by atoms with Gasteiger partial charge in [0, 0.05) is 40.0 Å². The number of fused-ring (bicyclic) bond motifs is 1. The van der Waals surface area contributed by atoms with Crippen LogP contribution in [0.3, 0.4) is 0 Å². The number of anilines is 2. The highest BCUT2D eigenvalue weighted by Crippen LogP contribution is 2.30. The second kappa shape index (κ2) is 11.5. The van der Waals surface area contributed by atoms with Crippen LogP contribution in [0.25, 0.3) is 22.0 Å². The van der Waals surface area contributed by atoms with Crippen LogP contribution in [-0.2, 0) is 6.42 Å². The number of aromatic nitrogens is 1. The van der Waals surface area contributed by atoms with Crippen molar-refractivity contribution in [3.63, 3.8) is 0 Å². The fraction of sp³-hybridized carbons (Fsp3) is 0.129. The van der Waals surface area contributed by atoms with Gasteiger partial charge in [0.1, 0.15) is 5.75 Å². The van der Waals surface area contributed by atoms with Crippen molar-refractivity contribution in [2.24, 2.45) is 0 Å². The monoisotopic (exact) mass is 525 g/mol. The molecule has 0 spiro atoms. The molecule has 0 fully saturated rings. The predicted molar refractivity (Wildman–Crippen MR) is 154 cm³/mol. The maximum absolute atomic E-state index is 11.6. The van der Waals surface area contributed by atoms with Crippen LogP contribution < -0.4 is 16.2 Å². The molecule has 192 valence electrons. The first-order valence-corrected chi connectivity index (χ1v) is 12.8. The lowest BCUT2D eigenvalue weighted by Gasteiger charge is -2.15. The quantitative estimate of drug-likeness (QED) is 0.148. The highest BCUT2D eigenvalue weighted by atomic mass is 35.5. The molecule has 0 aliphatic carbocycles. The Morgan fingerprint density at radius 1 is 0.868 bits per heavy atom. The zero-order chi connectivity index (χ0) is 26.5. The number of aromatic hydroxyl groups is 1. The van der Waals surface area contributed by atoms with Gasteiger partial charge in [-0.05, 0) is 72.1 Å². The Morgan fingerprint density at radius 3 is 2.50 bits per heavy atom. The molecule has 4 aromatic carbocycles. The van der Waals surface area contributed by atoms with Crippen molar-refractivity contribution in [3.8, 4) is 16.9 Å². The van der Waals surface area contributed by atoms with Crippen molar-refractivity contribution in [1.82, 2.24) is 10.3 Å². The van der Waals surface area contributed by atoms with Gasteiger partial charge < -0.3 is 25.8 Å². The molecule has 1 atom stereocenters. The lowest BCUT2D eigenvalue weighted by Crippen LogP contribution is -2.24. The molecule has 0 aliphatic heterocycles. The van der Waals surface area contributed by atoms with Gasteiger partial charge in [-0.25, -0.2) is 0 Å². The number of halogens is 1. The summed E-state index contributed by atoms with van der Waals surface area (Å²) >= 11 is 6.36. The van der Waals surface area contributed by atoms with Gasteiger partial charge in [0.15, 0.2) is 0 Å². The number of phenolic OH excluding ortho intramolecular Hbond substituents is 1. The van der Waals surface area contributed by atoms with E-state index in [0.717, 1.165) is 33.9 Å². The minimum absolute atomic E-state index is 0.0205. The Morgan fingerprint density at radius 2 is 1.68 bits per heavy atom. The molecule has 0 radical (unpaired) electrons. The molecule has 38 heavy (non-hydrogen) atoms. The number of hydrogen-bond acceptors (Lipinski definition) is 5. The lowest BCUT2D eigenvalue weighted by molar-refractivity contribution is 0.176. The van der Waals surface area contributed by atoms with E-state index in [1.54, 1.807) is 12.1 Å². The zero-order valence-corrected chi connectivity index (χ0v) is 21.4. The topological polar surface area (TPSA) is 97.4 Å². The van der Waals surface area contributed by atoms with Crippen LogP contribution in [0.1, 0.15) is 17.2 Å². The Kier molecular flexibility index (Phi) is 7.75. The number of pyridine rings is 1. The minimum Gasteiger partial charge on any atom is -0.506 e. The Hall–Kier alpha value is -4.10. The van der Waals surface area contributed by atoms with Crippen LogP contribution >= 0.6 is 11.6 Å². The van der Waals surface area contributed by atoms with Gasteiger partial charge in [0.2, 0.25) is 5.56 Å². The van der Waals surface area contributed by atoms with Crippen molar-refractivity contribution >= 4 is 33.9 Å². The summed E-state index contributed by atoms with van der Waals surface area (Å²) in [6.45, 7) is 1.04. The van der Waals surface area contributed by atoms with E-state index in [4.69, 9.17) is 11.6 Å². The Bertz CT molecular complexity index is 1620. The van der Waals surface area contributed by atoms with Crippen molar-refractivity contribution < 1.29 is 10.2 Å². The van der Waals surface area contributed by atoms with Crippen LogP contribution in [0.5, 0.6) is 5.75 Å². The van der Waals surface area contributed by atoms with E-state index < -0.39 is 6.10 Å². The largest absolute Gasteiger partial charge is 0.506 e. The second-order valence-electron chi connectivity index (χ2n) is 9.14. The molecule has 1 aromatic heterocycles. The van der Waals surface area contributed by atoms with Gasteiger partial charge in [0.05, 0.1) is 11.6 Å². The summed E-state index contributed by atoms with van der Waals surface area (Å²) in [4.78, 5) is 14.2. The summed E-state index contributed by atoms with van der Waals surface area (Å²) in [6.07, 6.45) is 0.0237. The Labute approximate surface area is 225 Å². The highest BCUT2D eigenvalue weighted by molar-refractivity contribution is 6.33.